The summed E-state index contributed by atoms with van der Waals surface area (Å²) in [6, 6.07) is 3.53. The highest BCUT2D eigenvalue weighted by molar-refractivity contribution is 6.29. The fraction of sp³-hybridized carbons (Fsp3) is 0.556. The van der Waals surface area contributed by atoms with E-state index in [1.165, 1.54) is 0 Å². The molecule has 0 spiro atoms. The molecule has 0 atom stereocenters. The number of halogens is 1. The molecule has 0 N–H and O–H groups in total. The van der Waals surface area contributed by atoms with E-state index < -0.39 is 0 Å². The van der Waals surface area contributed by atoms with Crippen molar-refractivity contribution in [1.29, 1.82) is 0 Å². The van der Waals surface area contributed by atoms with Crippen LogP contribution in [0.5, 0.6) is 0 Å². The van der Waals surface area contributed by atoms with Crippen LogP contribution in [0.25, 0.3) is 0 Å². The zero-order valence-electron chi connectivity index (χ0n) is 8.43. The number of aryl methyl sites for hydroxylation is 1. The molecule has 1 rings (SSSR count). The first-order valence-corrected chi connectivity index (χ1v) is 4.62. The van der Waals surface area contributed by atoms with Crippen molar-refractivity contribution in [2.24, 2.45) is 0 Å². The highest BCUT2D eigenvalue weighted by atomic mass is 35.5. The van der Waals surface area contributed by atoms with Crippen LogP contribution in [0.2, 0.25) is 5.15 Å². The predicted octanol–water partition coefficient (Wildman–Crippen LogP) is 3.49. The lowest BCUT2D eigenvalue weighted by Gasteiger charge is -1.85. The van der Waals surface area contributed by atoms with Gasteiger partial charge in [-0.1, -0.05) is 39.3 Å². The Balaban J connectivity index is 0. The van der Waals surface area contributed by atoms with Crippen LogP contribution in [-0.2, 0) is 0 Å². The molecule has 0 aliphatic rings. The molecule has 12 heavy (non-hydrogen) atoms. The van der Waals surface area contributed by atoms with Gasteiger partial charge in [0.15, 0.2) is 5.15 Å². The summed E-state index contributed by atoms with van der Waals surface area (Å²) in [5.41, 5.74) is 0.884. The summed E-state index contributed by atoms with van der Waals surface area (Å²) in [5.74, 6) is 0. The van der Waals surface area contributed by atoms with Gasteiger partial charge in [0.25, 0.3) is 0 Å². The van der Waals surface area contributed by atoms with Crippen LogP contribution in [0.15, 0.2) is 12.1 Å². The lowest BCUT2D eigenvalue weighted by atomic mass is 10.4. The second-order valence-corrected chi connectivity index (χ2v) is 1.88. The summed E-state index contributed by atoms with van der Waals surface area (Å²) in [4.78, 5) is 0. The van der Waals surface area contributed by atoms with Crippen molar-refractivity contribution < 1.29 is 0 Å². The number of hydrogen-bond acceptors (Lipinski definition) is 2. The SMILES string of the molecule is CC.CC.Cc1ccc(Cl)nn1. The second kappa shape index (κ2) is 10.4. The predicted molar refractivity (Wildman–Crippen MR) is 54.5 cm³/mol. The molecule has 0 aliphatic heterocycles. The van der Waals surface area contributed by atoms with Gasteiger partial charge < -0.3 is 0 Å². The molecule has 3 heteroatoms. The monoisotopic (exact) mass is 188 g/mol. The molecule has 0 aliphatic carbocycles. The summed E-state index contributed by atoms with van der Waals surface area (Å²) >= 11 is 5.44. The lowest BCUT2D eigenvalue weighted by molar-refractivity contribution is 0.981. The third-order valence-corrected chi connectivity index (χ3v) is 0.967. The molecular weight excluding hydrogens is 172 g/mol. The van der Waals surface area contributed by atoms with Gasteiger partial charge in [0, 0.05) is 0 Å². The second-order valence-electron chi connectivity index (χ2n) is 1.50. The van der Waals surface area contributed by atoms with Gasteiger partial charge >= 0.3 is 0 Å². The molecule has 0 fully saturated rings. The summed E-state index contributed by atoms with van der Waals surface area (Å²) in [7, 11) is 0. The minimum Gasteiger partial charge on any atom is -0.154 e. The maximum Gasteiger partial charge on any atom is 0.151 e. The van der Waals surface area contributed by atoms with Crippen molar-refractivity contribution in [3.8, 4) is 0 Å². The normalized spacial score (nSPS) is 7.17. The van der Waals surface area contributed by atoms with E-state index >= 15 is 0 Å². The fourth-order valence-electron chi connectivity index (χ4n) is 0.383. The highest BCUT2D eigenvalue weighted by Gasteiger charge is 1.85. The number of nitrogens with zero attached hydrogens (tertiary/aromatic N) is 2. The molecule has 0 saturated carbocycles. The van der Waals surface area contributed by atoms with Crippen molar-refractivity contribution in [2.45, 2.75) is 34.6 Å². The summed E-state index contributed by atoms with van der Waals surface area (Å²) in [6.07, 6.45) is 0. The zero-order valence-corrected chi connectivity index (χ0v) is 9.18. The number of aromatic nitrogens is 2. The minimum atomic E-state index is 0.440. The maximum atomic E-state index is 5.44. The first-order chi connectivity index (χ1) is 5.79. The van der Waals surface area contributed by atoms with Crippen LogP contribution in [0.1, 0.15) is 33.4 Å². The Morgan fingerprint density at radius 2 is 1.50 bits per heavy atom. The Bertz CT molecular complexity index is 151. The van der Waals surface area contributed by atoms with Crippen LogP contribution in [-0.4, -0.2) is 10.2 Å². The number of hydrogen-bond donors (Lipinski definition) is 0. The third kappa shape index (κ3) is 7.48. The van der Waals surface area contributed by atoms with Gasteiger partial charge in [-0.3, -0.25) is 0 Å². The average Bonchev–Trinajstić information content (AvgIpc) is 2.17. The molecule has 1 heterocycles. The zero-order chi connectivity index (χ0) is 9.98. The van der Waals surface area contributed by atoms with E-state index in [2.05, 4.69) is 10.2 Å². The fourth-order valence-corrected chi connectivity index (χ4v) is 0.483. The van der Waals surface area contributed by atoms with Crippen LogP contribution >= 0.6 is 11.6 Å². The van der Waals surface area contributed by atoms with Crippen molar-refractivity contribution in [3.05, 3.63) is 23.0 Å². The van der Waals surface area contributed by atoms with Crippen LogP contribution in [0.3, 0.4) is 0 Å². The summed E-state index contributed by atoms with van der Waals surface area (Å²) in [6.45, 7) is 9.86. The number of rotatable bonds is 0. The Hall–Kier alpha value is -0.630. The van der Waals surface area contributed by atoms with Crippen LogP contribution in [0.4, 0.5) is 0 Å². The van der Waals surface area contributed by atoms with Crippen LogP contribution < -0.4 is 0 Å². The first-order valence-electron chi connectivity index (χ1n) is 4.25. The lowest BCUT2D eigenvalue weighted by Crippen LogP contribution is -1.83. The molecule has 2 nitrogen and oxygen atoms in total. The van der Waals surface area contributed by atoms with Crippen molar-refractivity contribution in [1.82, 2.24) is 10.2 Å². The van der Waals surface area contributed by atoms with Gasteiger partial charge in [0.2, 0.25) is 0 Å². The Labute approximate surface area is 80.0 Å². The minimum absolute atomic E-state index is 0.440. The van der Waals surface area contributed by atoms with Crippen molar-refractivity contribution in [2.75, 3.05) is 0 Å². The molecule has 0 amide bonds. The van der Waals surface area contributed by atoms with Gasteiger partial charge in [-0.2, -0.15) is 5.10 Å². The van der Waals surface area contributed by atoms with Crippen molar-refractivity contribution in [3.63, 3.8) is 0 Å². The van der Waals surface area contributed by atoms with Gasteiger partial charge in [-0.25, -0.2) is 0 Å². The van der Waals surface area contributed by atoms with E-state index in [-0.39, 0.29) is 0 Å². The molecule has 0 unspecified atom stereocenters. The average molecular weight is 189 g/mol. The highest BCUT2D eigenvalue weighted by Crippen LogP contribution is 1.99. The molecule has 1 aromatic rings. The molecule has 0 radical (unpaired) electrons. The molecule has 0 saturated heterocycles. The van der Waals surface area contributed by atoms with Gasteiger partial charge in [0.05, 0.1) is 5.69 Å². The molecule has 0 bridgehead atoms. The first kappa shape index (κ1) is 13.9. The Morgan fingerprint density at radius 3 is 1.75 bits per heavy atom. The molecule has 0 aromatic carbocycles. The maximum absolute atomic E-state index is 5.44. The third-order valence-electron chi connectivity index (χ3n) is 0.765. The largest absolute Gasteiger partial charge is 0.154 e. The van der Waals surface area contributed by atoms with Gasteiger partial charge in [-0.05, 0) is 19.1 Å². The molecular formula is C9H17ClN2. The van der Waals surface area contributed by atoms with E-state index in [0.717, 1.165) is 5.69 Å². The van der Waals surface area contributed by atoms with Gasteiger partial charge in [0.1, 0.15) is 0 Å². The standard InChI is InChI=1S/C5H5ClN2.2C2H6/c1-4-2-3-5(6)8-7-4;2*1-2/h2-3H,1H3;2*1-2H3. The smallest absolute Gasteiger partial charge is 0.151 e. The van der Waals surface area contributed by atoms with Crippen molar-refractivity contribution >= 4 is 11.6 Å². The van der Waals surface area contributed by atoms with E-state index in [9.17, 15) is 0 Å². The summed E-state index contributed by atoms with van der Waals surface area (Å²) < 4.78 is 0. The molecule has 70 valence electrons. The molecule has 1 aromatic heterocycles. The van der Waals surface area contributed by atoms with E-state index in [1.807, 2.05) is 40.7 Å². The quantitative estimate of drug-likeness (QED) is 0.623. The van der Waals surface area contributed by atoms with E-state index in [0.29, 0.717) is 5.15 Å². The van der Waals surface area contributed by atoms with Gasteiger partial charge in [-0.15, -0.1) is 5.10 Å². The summed E-state index contributed by atoms with van der Waals surface area (Å²) in [5, 5.41) is 7.73. The van der Waals surface area contributed by atoms with E-state index in [1.54, 1.807) is 6.07 Å². The van der Waals surface area contributed by atoms with E-state index in [4.69, 9.17) is 11.6 Å². The Morgan fingerprint density at radius 1 is 1.00 bits per heavy atom. The topological polar surface area (TPSA) is 25.8 Å². The van der Waals surface area contributed by atoms with Crippen LogP contribution in [0, 0.1) is 6.92 Å². The Kier molecular flexibility index (Phi) is 12.0.